The summed E-state index contributed by atoms with van der Waals surface area (Å²) in [6, 6.07) is 5.40. The second-order valence-electron chi connectivity index (χ2n) is 4.00. The number of allylic oxidation sites excluding steroid dienone is 1. The monoisotopic (exact) mass is 231 g/mol. The van der Waals surface area contributed by atoms with E-state index in [1.54, 1.807) is 25.1 Å². The SMILES string of the molecule is CC=C(C)C(=O)Nc1ccc2c(c1)B(O)OC2. The molecule has 0 spiro atoms. The van der Waals surface area contributed by atoms with Gasteiger partial charge in [0.1, 0.15) is 0 Å². The van der Waals surface area contributed by atoms with Gasteiger partial charge in [0.15, 0.2) is 0 Å². The van der Waals surface area contributed by atoms with E-state index in [0.717, 1.165) is 11.0 Å². The van der Waals surface area contributed by atoms with Crippen LogP contribution in [0.4, 0.5) is 5.69 Å². The summed E-state index contributed by atoms with van der Waals surface area (Å²) < 4.78 is 5.08. The summed E-state index contributed by atoms with van der Waals surface area (Å²) in [7, 11) is -0.885. The van der Waals surface area contributed by atoms with E-state index < -0.39 is 7.12 Å². The molecule has 0 aromatic heterocycles. The molecule has 0 saturated carbocycles. The van der Waals surface area contributed by atoms with E-state index in [0.29, 0.717) is 17.9 Å². The van der Waals surface area contributed by atoms with Crippen LogP contribution in [0.2, 0.25) is 0 Å². The molecule has 88 valence electrons. The molecule has 2 rings (SSSR count). The highest BCUT2D eigenvalue weighted by Gasteiger charge is 2.27. The van der Waals surface area contributed by atoms with Crippen molar-refractivity contribution in [1.82, 2.24) is 0 Å². The van der Waals surface area contributed by atoms with Gasteiger partial charge in [-0.3, -0.25) is 4.79 Å². The maximum Gasteiger partial charge on any atom is 0.491 e. The van der Waals surface area contributed by atoms with E-state index in [1.165, 1.54) is 0 Å². The topological polar surface area (TPSA) is 58.6 Å². The lowest BCUT2D eigenvalue weighted by Crippen LogP contribution is -2.28. The van der Waals surface area contributed by atoms with E-state index in [9.17, 15) is 9.82 Å². The molecule has 1 aromatic carbocycles. The number of carbonyl (C=O) groups excluding carboxylic acids is 1. The summed E-state index contributed by atoms with van der Waals surface area (Å²) in [5.74, 6) is -0.138. The summed E-state index contributed by atoms with van der Waals surface area (Å²) in [5.41, 5.74) is 3.00. The van der Waals surface area contributed by atoms with Crippen LogP contribution < -0.4 is 10.8 Å². The highest BCUT2D eigenvalue weighted by Crippen LogP contribution is 2.15. The third kappa shape index (κ3) is 2.40. The average Bonchev–Trinajstić information content (AvgIpc) is 2.70. The van der Waals surface area contributed by atoms with Crippen LogP contribution in [-0.4, -0.2) is 18.0 Å². The minimum absolute atomic E-state index is 0.138. The molecule has 2 N–H and O–H groups in total. The van der Waals surface area contributed by atoms with Gasteiger partial charge in [0, 0.05) is 11.3 Å². The van der Waals surface area contributed by atoms with Crippen LogP contribution in [0.15, 0.2) is 29.8 Å². The smallest absolute Gasteiger partial charge is 0.423 e. The predicted molar refractivity (Wildman–Crippen MR) is 66.9 cm³/mol. The van der Waals surface area contributed by atoms with Gasteiger partial charge in [-0.1, -0.05) is 12.1 Å². The third-order valence-corrected chi connectivity index (χ3v) is 2.86. The first-order chi connectivity index (χ1) is 8.11. The normalized spacial score (nSPS) is 14.8. The highest BCUT2D eigenvalue weighted by molar-refractivity contribution is 6.61. The maximum atomic E-state index is 11.7. The quantitative estimate of drug-likeness (QED) is 0.584. The molecule has 1 amide bonds. The Bertz CT molecular complexity index is 485. The van der Waals surface area contributed by atoms with Crippen molar-refractivity contribution in [3.8, 4) is 0 Å². The third-order valence-electron chi connectivity index (χ3n) is 2.86. The summed E-state index contributed by atoms with van der Waals surface area (Å²) in [6.45, 7) is 3.98. The van der Waals surface area contributed by atoms with Crippen molar-refractivity contribution in [2.24, 2.45) is 0 Å². The van der Waals surface area contributed by atoms with Gasteiger partial charge < -0.3 is 15.0 Å². The fourth-order valence-electron chi connectivity index (χ4n) is 1.65. The molecule has 4 nitrogen and oxygen atoms in total. The molecule has 1 aromatic rings. The molecule has 0 radical (unpaired) electrons. The van der Waals surface area contributed by atoms with E-state index >= 15 is 0 Å². The van der Waals surface area contributed by atoms with E-state index in [-0.39, 0.29) is 5.91 Å². The van der Waals surface area contributed by atoms with E-state index in [1.807, 2.05) is 13.0 Å². The lowest BCUT2D eigenvalue weighted by molar-refractivity contribution is -0.112. The lowest BCUT2D eigenvalue weighted by atomic mass is 9.79. The summed E-state index contributed by atoms with van der Waals surface area (Å²) in [6.07, 6.45) is 1.75. The number of carbonyl (C=O) groups is 1. The fraction of sp³-hybridized carbons (Fsp3) is 0.250. The number of anilines is 1. The van der Waals surface area contributed by atoms with Crippen LogP contribution in [0, 0.1) is 0 Å². The second kappa shape index (κ2) is 4.73. The molecule has 5 heteroatoms. The van der Waals surface area contributed by atoms with Crippen molar-refractivity contribution in [2.75, 3.05) is 5.32 Å². The van der Waals surface area contributed by atoms with Gasteiger partial charge in [-0.2, -0.15) is 0 Å². The van der Waals surface area contributed by atoms with Gasteiger partial charge in [0.2, 0.25) is 0 Å². The predicted octanol–water partition coefficient (Wildman–Crippen LogP) is 0.809. The molecule has 1 aliphatic rings. The van der Waals surface area contributed by atoms with Crippen LogP contribution in [0.5, 0.6) is 0 Å². The number of fused-ring (bicyclic) bond motifs is 1. The summed E-state index contributed by atoms with van der Waals surface area (Å²) >= 11 is 0. The van der Waals surface area contributed by atoms with Crippen LogP contribution in [0.25, 0.3) is 0 Å². The van der Waals surface area contributed by atoms with Gasteiger partial charge in [-0.15, -0.1) is 0 Å². The Morgan fingerprint density at radius 2 is 2.35 bits per heavy atom. The van der Waals surface area contributed by atoms with Crippen LogP contribution in [0.3, 0.4) is 0 Å². The Balaban J connectivity index is 2.19. The van der Waals surface area contributed by atoms with Crippen LogP contribution in [-0.2, 0) is 16.1 Å². The highest BCUT2D eigenvalue weighted by atomic mass is 16.5. The van der Waals surface area contributed by atoms with Crippen molar-refractivity contribution in [3.05, 3.63) is 35.4 Å². The number of amides is 1. The van der Waals surface area contributed by atoms with Gasteiger partial charge in [0.05, 0.1) is 6.61 Å². The zero-order valence-corrected chi connectivity index (χ0v) is 9.86. The Morgan fingerprint density at radius 3 is 3.06 bits per heavy atom. The first-order valence-electron chi connectivity index (χ1n) is 5.48. The minimum Gasteiger partial charge on any atom is -0.423 e. The van der Waals surface area contributed by atoms with Crippen LogP contribution in [0.1, 0.15) is 19.4 Å². The van der Waals surface area contributed by atoms with E-state index in [4.69, 9.17) is 4.65 Å². The molecule has 0 bridgehead atoms. The van der Waals surface area contributed by atoms with Gasteiger partial charge >= 0.3 is 7.12 Å². The van der Waals surface area contributed by atoms with Gasteiger partial charge in [0.25, 0.3) is 5.91 Å². The molecule has 17 heavy (non-hydrogen) atoms. The average molecular weight is 231 g/mol. The Kier molecular flexibility index (Phi) is 3.31. The standard InChI is InChI=1S/C12H14BNO3/c1-3-8(2)12(15)14-10-5-4-9-7-17-13(16)11(9)6-10/h3-6,16H,7H2,1-2H3,(H,14,15). The van der Waals surface area contributed by atoms with Crippen molar-refractivity contribution < 1.29 is 14.5 Å². The molecule has 1 aliphatic heterocycles. The molecule has 0 saturated heterocycles. The van der Waals surface area contributed by atoms with Crippen molar-refractivity contribution in [3.63, 3.8) is 0 Å². The van der Waals surface area contributed by atoms with Gasteiger partial charge in [-0.25, -0.2) is 0 Å². The molecular formula is C12H14BNO3. The van der Waals surface area contributed by atoms with Gasteiger partial charge in [-0.05, 0) is 37.0 Å². The first kappa shape index (κ1) is 11.9. The number of benzene rings is 1. The maximum absolute atomic E-state index is 11.7. The Hall–Kier alpha value is -1.59. The molecule has 1 heterocycles. The number of rotatable bonds is 2. The molecule has 0 unspecified atom stereocenters. The van der Waals surface area contributed by atoms with Crippen molar-refractivity contribution in [1.29, 1.82) is 0 Å². The molecule has 0 atom stereocenters. The second-order valence-corrected chi connectivity index (χ2v) is 4.00. The van der Waals surface area contributed by atoms with E-state index in [2.05, 4.69) is 5.32 Å². The summed E-state index contributed by atoms with van der Waals surface area (Å²) in [5, 5.41) is 12.3. The number of hydrogen-bond donors (Lipinski definition) is 2. The number of hydrogen-bond acceptors (Lipinski definition) is 3. The Labute approximate surface area is 100 Å². The van der Waals surface area contributed by atoms with Crippen LogP contribution >= 0.6 is 0 Å². The number of nitrogens with one attached hydrogen (secondary N) is 1. The van der Waals surface area contributed by atoms with Crippen molar-refractivity contribution >= 4 is 24.2 Å². The molecule has 0 aliphatic carbocycles. The summed E-state index contributed by atoms with van der Waals surface area (Å²) in [4.78, 5) is 11.7. The molecule has 0 fully saturated rings. The Morgan fingerprint density at radius 1 is 1.59 bits per heavy atom. The van der Waals surface area contributed by atoms with Crippen molar-refractivity contribution in [2.45, 2.75) is 20.5 Å². The minimum atomic E-state index is -0.885. The first-order valence-corrected chi connectivity index (χ1v) is 5.48. The largest absolute Gasteiger partial charge is 0.491 e. The fourth-order valence-corrected chi connectivity index (χ4v) is 1.65. The zero-order chi connectivity index (χ0) is 12.4. The lowest BCUT2D eigenvalue weighted by Gasteiger charge is -2.07. The zero-order valence-electron chi connectivity index (χ0n) is 9.86. The molecular weight excluding hydrogens is 217 g/mol.